The highest BCUT2D eigenvalue weighted by atomic mass is 16.6. The number of carbonyl (C=O) groups excluding carboxylic acids is 2. The summed E-state index contributed by atoms with van der Waals surface area (Å²) in [5.74, 6) is -0.411. The Morgan fingerprint density at radius 1 is 0.442 bits per heavy atom. The van der Waals surface area contributed by atoms with Crippen molar-refractivity contribution in [1.29, 1.82) is 0 Å². The molecule has 0 fully saturated rings. The molecule has 0 saturated carbocycles. The third-order valence-corrected chi connectivity index (χ3v) is 9.69. The lowest BCUT2D eigenvalue weighted by molar-refractivity contribution is -0.163. The van der Waals surface area contributed by atoms with Gasteiger partial charge in [0, 0.05) is 19.4 Å². The minimum absolute atomic E-state index is 0.0811. The number of hydrogen-bond acceptors (Lipinski definition) is 5. The van der Waals surface area contributed by atoms with Crippen LogP contribution in [0.5, 0.6) is 0 Å². The molecule has 1 unspecified atom stereocenters. The fourth-order valence-electron chi connectivity index (χ4n) is 6.35. The minimum atomic E-state index is -0.534. The predicted octanol–water partition coefficient (Wildman–Crippen LogP) is 14.7. The molecule has 0 aliphatic rings. The summed E-state index contributed by atoms with van der Waals surface area (Å²) in [6.07, 6.45) is 49.9. The number of ether oxygens (including phenoxy) is 3. The van der Waals surface area contributed by atoms with Crippen LogP contribution < -0.4 is 0 Å². The van der Waals surface area contributed by atoms with Crippen molar-refractivity contribution in [3.8, 4) is 0 Å². The number of esters is 2. The Labute approximate surface area is 323 Å². The Hall–Kier alpha value is -1.88. The van der Waals surface area contributed by atoms with Gasteiger partial charge >= 0.3 is 11.9 Å². The van der Waals surface area contributed by atoms with E-state index in [2.05, 4.69) is 57.2 Å². The zero-order valence-electron chi connectivity index (χ0n) is 34.8. The molecule has 0 aromatic heterocycles. The zero-order chi connectivity index (χ0) is 37.8. The number of carbonyl (C=O) groups is 2. The molecule has 0 radical (unpaired) electrons. The van der Waals surface area contributed by atoms with Gasteiger partial charge in [-0.1, -0.05) is 198 Å². The second kappa shape index (κ2) is 43.5. The van der Waals surface area contributed by atoms with E-state index in [1.54, 1.807) is 0 Å². The van der Waals surface area contributed by atoms with Gasteiger partial charge in [-0.2, -0.15) is 0 Å². The third kappa shape index (κ3) is 40.9. The van der Waals surface area contributed by atoms with E-state index in [4.69, 9.17) is 14.2 Å². The number of hydrogen-bond donors (Lipinski definition) is 0. The van der Waals surface area contributed by atoms with Crippen LogP contribution in [-0.4, -0.2) is 37.9 Å². The highest BCUT2D eigenvalue weighted by Crippen LogP contribution is 2.14. The lowest BCUT2D eigenvalue weighted by Crippen LogP contribution is -2.30. The molecule has 0 bridgehead atoms. The Morgan fingerprint density at radius 2 is 0.865 bits per heavy atom. The molecular formula is C47H86O5. The molecule has 0 aliphatic heterocycles. The van der Waals surface area contributed by atoms with E-state index in [1.807, 2.05) is 0 Å². The van der Waals surface area contributed by atoms with E-state index >= 15 is 0 Å². The minimum Gasteiger partial charge on any atom is -0.462 e. The Morgan fingerprint density at radius 3 is 1.38 bits per heavy atom. The van der Waals surface area contributed by atoms with Gasteiger partial charge in [-0.3, -0.25) is 9.59 Å². The quantitative estimate of drug-likeness (QED) is 0.0356. The van der Waals surface area contributed by atoms with Crippen LogP contribution in [0.2, 0.25) is 0 Å². The summed E-state index contributed by atoms with van der Waals surface area (Å²) in [6, 6.07) is 0. The van der Waals surface area contributed by atoms with E-state index in [1.165, 1.54) is 128 Å². The van der Waals surface area contributed by atoms with Gasteiger partial charge in [-0.25, -0.2) is 0 Å². The van der Waals surface area contributed by atoms with Crippen molar-refractivity contribution in [3.05, 3.63) is 36.5 Å². The van der Waals surface area contributed by atoms with Crippen molar-refractivity contribution in [2.45, 2.75) is 232 Å². The molecule has 0 N–H and O–H groups in total. The molecule has 0 aromatic carbocycles. The molecule has 0 saturated heterocycles. The maximum Gasteiger partial charge on any atom is 0.306 e. The van der Waals surface area contributed by atoms with Crippen molar-refractivity contribution >= 4 is 11.9 Å². The molecule has 0 rings (SSSR count). The van der Waals surface area contributed by atoms with E-state index in [0.29, 0.717) is 19.4 Å². The molecule has 5 nitrogen and oxygen atoms in total. The largest absolute Gasteiger partial charge is 0.462 e. The average Bonchev–Trinajstić information content (AvgIpc) is 3.14. The normalized spacial score (nSPS) is 12.4. The van der Waals surface area contributed by atoms with Crippen LogP contribution in [0.15, 0.2) is 36.5 Å². The van der Waals surface area contributed by atoms with Crippen molar-refractivity contribution in [3.63, 3.8) is 0 Å². The summed E-state index contributed by atoms with van der Waals surface area (Å²) in [4.78, 5) is 25.2. The summed E-state index contributed by atoms with van der Waals surface area (Å²) in [6.45, 7) is 7.70. The van der Waals surface area contributed by atoms with Gasteiger partial charge in [-0.05, 0) is 51.4 Å². The van der Waals surface area contributed by atoms with E-state index in [0.717, 1.165) is 64.2 Å². The molecule has 0 aliphatic carbocycles. The van der Waals surface area contributed by atoms with Gasteiger partial charge < -0.3 is 14.2 Å². The molecule has 0 aromatic rings. The SMILES string of the molecule is CC/C=C\C/C=C\C/C=C\CCCCCCCC(=O)OCC(COCCCCCCCCCCCCCC)OC(=O)CCCCCCCCCCC. The van der Waals surface area contributed by atoms with E-state index in [-0.39, 0.29) is 25.2 Å². The van der Waals surface area contributed by atoms with Crippen molar-refractivity contribution < 1.29 is 23.8 Å². The first-order valence-electron chi connectivity index (χ1n) is 22.5. The van der Waals surface area contributed by atoms with Gasteiger partial charge in [0.2, 0.25) is 0 Å². The van der Waals surface area contributed by atoms with Crippen molar-refractivity contribution in [2.75, 3.05) is 19.8 Å². The maximum absolute atomic E-state index is 12.7. The van der Waals surface area contributed by atoms with Crippen LogP contribution in [-0.2, 0) is 23.8 Å². The standard InChI is InChI=1S/C47H86O5/c1-4-7-10-13-16-19-21-23-24-25-26-29-31-34-37-40-46(48)51-44-45(52-47(49)41-38-35-32-28-18-15-12-9-6-3)43-50-42-39-36-33-30-27-22-20-17-14-11-8-5-2/h7,10,16,19,23-24,45H,4-6,8-9,11-15,17-18,20-22,25-44H2,1-3H3/b10-7-,19-16-,24-23-. The number of rotatable bonds is 41. The summed E-state index contributed by atoms with van der Waals surface area (Å²) < 4.78 is 17.3. The average molecular weight is 731 g/mol. The van der Waals surface area contributed by atoms with Gasteiger partial charge in [-0.15, -0.1) is 0 Å². The van der Waals surface area contributed by atoms with Gasteiger partial charge in [0.1, 0.15) is 6.61 Å². The van der Waals surface area contributed by atoms with Crippen molar-refractivity contribution in [1.82, 2.24) is 0 Å². The molecule has 304 valence electrons. The van der Waals surface area contributed by atoms with Crippen LogP contribution in [0.4, 0.5) is 0 Å². The zero-order valence-corrected chi connectivity index (χ0v) is 34.8. The summed E-state index contributed by atoms with van der Waals surface area (Å²) in [5.41, 5.74) is 0. The Balaban J connectivity index is 4.22. The van der Waals surface area contributed by atoms with Crippen LogP contribution in [0.1, 0.15) is 226 Å². The molecule has 0 amide bonds. The third-order valence-electron chi connectivity index (χ3n) is 9.69. The first kappa shape index (κ1) is 50.1. The Kier molecular flexibility index (Phi) is 42.0. The summed E-state index contributed by atoms with van der Waals surface area (Å²) in [5, 5.41) is 0. The molecule has 1 atom stereocenters. The molecular weight excluding hydrogens is 645 g/mol. The predicted molar refractivity (Wildman–Crippen MR) is 224 cm³/mol. The van der Waals surface area contributed by atoms with Gasteiger partial charge in [0.05, 0.1) is 6.61 Å². The maximum atomic E-state index is 12.7. The fourth-order valence-corrected chi connectivity index (χ4v) is 6.35. The molecule has 5 heteroatoms. The Bertz CT molecular complexity index is 832. The smallest absolute Gasteiger partial charge is 0.306 e. The summed E-state index contributed by atoms with van der Waals surface area (Å²) >= 11 is 0. The van der Waals surface area contributed by atoms with Gasteiger partial charge in [0.25, 0.3) is 0 Å². The van der Waals surface area contributed by atoms with Gasteiger partial charge in [0.15, 0.2) is 6.10 Å². The van der Waals surface area contributed by atoms with Crippen molar-refractivity contribution in [2.24, 2.45) is 0 Å². The van der Waals surface area contributed by atoms with E-state index < -0.39 is 6.10 Å². The van der Waals surface area contributed by atoms with Crippen LogP contribution in [0.25, 0.3) is 0 Å². The topological polar surface area (TPSA) is 61.8 Å². The molecule has 0 spiro atoms. The monoisotopic (exact) mass is 731 g/mol. The molecule has 52 heavy (non-hydrogen) atoms. The lowest BCUT2D eigenvalue weighted by atomic mass is 10.1. The lowest BCUT2D eigenvalue weighted by Gasteiger charge is -2.18. The number of unbranched alkanes of at least 4 members (excludes halogenated alkanes) is 24. The first-order chi connectivity index (χ1) is 25.6. The second-order valence-corrected chi connectivity index (χ2v) is 14.9. The van der Waals surface area contributed by atoms with E-state index in [9.17, 15) is 9.59 Å². The first-order valence-corrected chi connectivity index (χ1v) is 22.5. The highest BCUT2D eigenvalue weighted by Gasteiger charge is 2.17. The van der Waals surface area contributed by atoms with Crippen LogP contribution in [0, 0.1) is 0 Å². The summed E-state index contributed by atoms with van der Waals surface area (Å²) in [7, 11) is 0. The highest BCUT2D eigenvalue weighted by molar-refractivity contribution is 5.70. The molecule has 0 heterocycles. The van der Waals surface area contributed by atoms with Crippen LogP contribution >= 0.6 is 0 Å². The van der Waals surface area contributed by atoms with Crippen LogP contribution in [0.3, 0.4) is 0 Å². The number of allylic oxidation sites excluding steroid dienone is 6. The second-order valence-electron chi connectivity index (χ2n) is 14.9. The fraction of sp³-hybridized carbons (Fsp3) is 0.830.